The molecule has 2 aliphatic rings. The molecule has 1 atom stereocenters. The summed E-state index contributed by atoms with van der Waals surface area (Å²) in [4.78, 5) is 17.2. The fraction of sp³-hybridized carbons (Fsp3) is 0.333. The molecule has 1 saturated heterocycles. The number of carbonyl (C=O) groups excluding carboxylic acids is 1. The molecule has 1 unspecified atom stereocenters. The molecule has 0 saturated carbocycles. The summed E-state index contributed by atoms with van der Waals surface area (Å²) in [6.07, 6.45) is -5.71. The van der Waals surface area contributed by atoms with Crippen LogP contribution in [0.15, 0.2) is 36.4 Å². The molecule has 11 heteroatoms. The van der Waals surface area contributed by atoms with E-state index in [1.807, 2.05) is 0 Å². The Balaban J connectivity index is 1.66. The minimum atomic E-state index is -4.93. The van der Waals surface area contributed by atoms with Gasteiger partial charge in [-0.2, -0.15) is 24.9 Å². The van der Waals surface area contributed by atoms with Crippen LogP contribution in [0.2, 0.25) is 10.0 Å². The number of carbonyl (C=O) groups is 1. The number of aryl methyl sites for hydroxylation is 1. The zero-order valence-corrected chi connectivity index (χ0v) is 19.0. The summed E-state index contributed by atoms with van der Waals surface area (Å²) >= 11 is 13.5. The highest BCUT2D eigenvalue weighted by atomic mass is 35.5. The van der Waals surface area contributed by atoms with Gasteiger partial charge in [-0.1, -0.05) is 23.2 Å². The highest BCUT2D eigenvalue weighted by molar-refractivity contribution is 8.00. The lowest BCUT2D eigenvalue weighted by Crippen LogP contribution is -2.44. The molecule has 32 heavy (non-hydrogen) atoms. The maximum Gasteiger partial charge on any atom is 0.413 e. The van der Waals surface area contributed by atoms with Gasteiger partial charge in [-0.15, -0.1) is 0 Å². The van der Waals surface area contributed by atoms with Crippen LogP contribution in [0, 0.1) is 12.1 Å². The Labute approximate surface area is 196 Å². The summed E-state index contributed by atoms with van der Waals surface area (Å²) in [6.45, 7) is 1.66. The van der Waals surface area contributed by atoms with Crippen molar-refractivity contribution in [2.75, 3.05) is 11.5 Å². The third-order valence-corrected chi connectivity index (χ3v) is 7.15. The molecule has 1 fully saturated rings. The smallest absolute Gasteiger partial charge is 0.381 e. The number of halogens is 5. The first-order valence-electron chi connectivity index (χ1n) is 9.55. The van der Waals surface area contributed by atoms with Crippen LogP contribution in [0.25, 0.3) is 0 Å². The summed E-state index contributed by atoms with van der Waals surface area (Å²) in [5.41, 5.74) is -2.37. The van der Waals surface area contributed by atoms with Crippen molar-refractivity contribution in [2.24, 2.45) is 0 Å². The van der Waals surface area contributed by atoms with Crippen molar-refractivity contribution in [3.8, 4) is 0 Å². The average molecular weight is 505 g/mol. The van der Waals surface area contributed by atoms with E-state index < -0.39 is 18.2 Å². The normalized spacial score (nSPS) is 21.3. The van der Waals surface area contributed by atoms with Gasteiger partial charge in [0.25, 0.3) is 11.6 Å². The van der Waals surface area contributed by atoms with Crippen molar-refractivity contribution in [3.63, 3.8) is 0 Å². The minimum absolute atomic E-state index is 0.0123. The van der Waals surface area contributed by atoms with Gasteiger partial charge in [0.05, 0.1) is 6.42 Å². The maximum atomic E-state index is 14.2. The molecule has 2 aromatic rings. The number of nitrogens with one attached hydrogen (secondary N) is 1. The largest absolute Gasteiger partial charge is 0.413 e. The molecule has 0 aliphatic carbocycles. The third-order valence-electron chi connectivity index (χ3n) is 5.44. The van der Waals surface area contributed by atoms with Gasteiger partial charge in [0, 0.05) is 43.6 Å². The van der Waals surface area contributed by atoms with Gasteiger partial charge in [-0.05, 0) is 54.4 Å². The van der Waals surface area contributed by atoms with Crippen LogP contribution in [0.1, 0.15) is 33.5 Å². The Hall–Kier alpha value is -2.10. The molecule has 2 aromatic carbocycles. The molecule has 0 bridgehead atoms. The molecule has 0 spiro atoms. The van der Waals surface area contributed by atoms with E-state index in [4.69, 9.17) is 28.0 Å². The summed E-state index contributed by atoms with van der Waals surface area (Å²) in [6, 6.07) is 8.00. The second-order valence-electron chi connectivity index (χ2n) is 7.69. The number of hydrogen-bond donors (Lipinski definition) is 1. The number of amides is 1. The van der Waals surface area contributed by atoms with Gasteiger partial charge in [-0.3, -0.25) is 10.0 Å². The van der Waals surface area contributed by atoms with Gasteiger partial charge >= 0.3 is 6.18 Å². The van der Waals surface area contributed by atoms with E-state index in [2.05, 4.69) is 5.32 Å². The Morgan fingerprint density at radius 2 is 1.88 bits per heavy atom. The number of hydrogen-bond acceptors (Lipinski definition) is 4. The molecule has 2 heterocycles. The lowest BCUT2D eigenvalue weighted by Gasteiger charge is -2.32. The molecule has 4 rings (SSSR count). The first kappa shape index (κ1) is 23.1. The van der Waals surface area contributed by atoms with Crippen LogP contribution in [-0.4, -0.2) is 40.2 Å². The zero-order chi connectivity index (χ0) is 23.3. The molecular formula is C21H17Cl2F3N2O3S. The van der Waals surface area contributed by atoms with Gasteiger partial charge in [-0.25, -0.2) is 0 Å². The monoisotopic (exact) mass is 504 g/mol. The molecule has 1 N–H and O–H groups in total. The van der Waals surface area contributed by atoms with Crippen molar-refractivity contribution in [2.45, 2.75) is 31.2 Å². The number of nitrogens with zero attached hydrogens (tertiary/aromatic N) is 1. The fourth-order valence-electron chi connectivity index (χ4n) is 3.67. The van der Waals surface area contributed by atoms with Crippen LogP contribution in [-0.2, 0) is 10.4 Å². The predicted octanol–water partition coefficient (Wildman–Crippen LogP) is 5.24. The van der Waals surface area contributed by atoms with Gasteiger partial charge in [0.1, 0.15) is 0 Å². The van der Waals surface area contributed by atoms with Gasteiger partial charge < -0.3 is 10.2 Å². The Morgan fingerprint density at radius 3 is 2.41 bits per heavy atom. The first-order chi connectivity index (χ1) is 15.0. The van der Waals surface area contributed by atoms with Crippen molar-refractivity contribution in [3.05, 3.63) is 73.9 Å². The van der Waals surface area contributed by atoms with Gasteiger partial charge in [0.2, 0.25) is 5.60 Å². The Morgan fingerprint density at radius 1 is 1.22 bits per heavy atom. The third kappa shape index (κ3) is 4.13. The van der Waals surface area contributed by atoms with E-state index in [1.165, 1.54) is 24.3 Å². The topological polar surface area (TPSA) is 64.4 Å². The first-order valence-corrected chi connectivity index (χ1v) is 11.5. The Kier molecular flexibility index (Phi) is 6.02. The van der Waals surface area contributed by atoms with Crippen LogP contribution in [0.3, 0.4) is 0 Å². The highest BCUT2D eigenvalue weighted by Gasteiger charge is 2.62. The van der Waals surface area contributed by atoms with E-state index in [9.17, 15) is 23.2 Å². The molecule has 1 amide bonds. The summed E-state index contributed by atoms with van der Waals surface area (Å²) in [7, 11) is 0. The molecule has 5 nitrogen and oxygen atoms in total. The molecule has 170 valence electrons. The lowest BCUT2D eigenvalue weighted by molar-refractivity contribution is -0.764. The molecule has 0 aromatic heterocycles. The average Bonchev–Trinajstić information content (AvgIpc) is 3.02. The van der Waals surface area contributed by atoms with E-state index >= 15 is 0 Å². The molecule has 0 radical (unpaired) electrons. The van der Waals surface area contributed by atoms with Crippen LogP contribution >= 0.6 is 35.0 Å². The van der Waals surface area contributed by atoms with Crippen LogP contribution in [0.4, 0.5) is 13.2 Å². The summed E-state index contributed by atoms with van der Waals surface area (Å²) in [5.74, 6) is 1.43. The van der Waals surface area contributed by atoms with E-state index in [0.29, 0.717) is 11.1 Å². The number of rotatable bonds is 4. The number of alkyl halides is 3. The fourth-order valence-corrected chi connectivity index (χ4v) is 4.84. The summed E-state index contributed by atoms with van der Waals surface area (Å²) < 4.78 is 42.6. The second kappa shape index (κ2) is 8.35. The Bertz CT molecular complexity index is 1100. The summed E-state index contributed by atoms with van der Waals surface area (Å²) in [5, 5.41) is 15.4. The maximum absolute atomic E-state index is 14.2. The molecule has 2 aliphatic heterocycles. The van der Waals surface area contributed by atoms with Crippen LogP contribution in [0.5, 0.6) is 0 Å². The van der Waals surface area contributed by atoms with Gasteiger partial charge in [0.15, 0.2) is 0 Å². The highest BCUT2D eigenvalue weighted by Crippen LogP contribution is 2.49. The standard InChI is InChI=1S/C21H17Cl2F3N2O3S/c1-11-4-12(2-3-17(11)19(29)27-16-9-32-10-16)18-8-20(21(24,25)26,31-28(18)30)13-5-14(22)7-15(23)6-13/h2-7,16H,8-10H2,1H3,(H,27,29). The van der Waals surface area contributed by atoms with Crippen LogP contribution < -0.4 is 5.32 Å². The van der Waals surface area contributed by atoms with Crippen molar-refractivity contribution < 1.29 is 27.7 Å². The predicted molar refractivity (Wildman–Crippen MR) is 117 cm³/mol. The van der Waals surface area contributed by atoms with E-state index in [0.717, 1.165) is 23.6 Å². The lowest BCUT2D eigenvalue weighted by atomic mass is 9.86. The van der Waals surface area contributed by atoms with E-state index in [-0.39, 0.29) is 43.7 Å². The minimum Gasteiger partial charge on any atom is -0.381 e. The quantitative estimate of drug-likeness (QED) is 0.578. The zero-order valence-electron chi connectivity index (χ0n) is 16.6. The SMILES string of the molecule is Cc1cc(C2=[N+]([O-])OC(c3cc(Cl)cc(Cl)c3)(C(F)(F)F)C2)ccc1C(=O)NC1CSC1. The van der Waals surface area contributed by atoms with Crippen molar-refractivity contribution in [1.82, 2.24) is 5.32 Å². The number of thioether (sulfide) groups is 1. The van der Waals surface area contributed by atoms with E-state index in [1.54, 1.807) is 18.7 Å². The second-order valence-corrected chi connectivity index (χ2v) is 9.64. The van der Waals surface area contributed by atoms with Crippen molar-refractivity contribution >= 4 is 46.6 Å². The number of benzene rings is 2. The molecular weight excluding hydrogens is 488 g/mol. The van der Waals surface area contributed by atoms with Crippen molar-refractivity contribution in [1.29, 1.82) is 0 Å².